The van der Waals surface area contributed by atoms with Gasteiger partial charge in [-0.25, -0.2) is 8.78 Å². The van der Waals surface area contributed by atoms with Gasteiger partial charge in [0.15, 0.2) is 11.4 Å². The zero-order valence-corrected chi connectivity index (χ0v) is 17.3. The van der Waals surface area contributed by atoms with Gasteiger partial charge in [0, 0.05) is 44.1 Å². The molecule has 2 bridgehead atoms. The number of carbonyl (C=O) groups excluding carboxylic acids is 2. The second kappa shape index (κ2) is 8.19. The standard InChI is InChI=1S/C22H21F2N3O5/c1-11-3-6-17(32-2)16-10-26(11)22(31)18-20(29)19(28)14(9-27(16)18)21(30)25-8-12-4-5-13(23)7-15(12)24/h3-7,9,11,16-17,29H,8,10H2,1-2H3,(H,25,30). The first-order chi connectivity index (χ1) is 15.2. The average molecular weight is 445 g/mol. The third-order valence-corrected chi connectivity index (χ3v) is 5.84. The van der Waals surface area contributed by atoms with Crippen molar-refractivity contribution in [2.45, 2.75) is 31.7 Å². The van der Waals surface area contributed by atoms with Gasteiger partial charge in [-0.1, -0.05) is 18.2 Å². The number of rotatable bonds is 4. The topological polar surface area (TPSA) is 101 Å². The number of carbonyl (C=O) groups is 2. The molecule has 2 amide bonds. The van der Waals surface area contributed by atoms with Crippen molar-refractivity contribution >= 4 is 11.8 Å². The van der Waals surface area contributed by atoms with Crippen molar-refractivity contribution < 1.29 is 28.2 Å². The summed E-state index contributed by atoms with van der Waals surface area (Å²) in [6.45, 7) is 1.76. The molecule has 2 aliphatic heterocycles. The lowest BCUT2D eigenvalue weighted by Crippen LogP contribution is -2.49. The first-order valence-corrected chi connectivity index (χ1v) is 9.95. The van der Waals surface area contributed by atoms with Gasteiger partial charge in [-0.3, -0.25) is 14.4 Å². The average Bonchev–Trinajstić information content (AvgIpc) is 2.90. The van der Waals surface area contributed by atoms with Crippen molar-refractivity contribution in [1.29, 1.82) is 0 Å². The molecule has 3 unspecified atom stereocenters. The molecule has 10 heteroatoms. The number of nitrogens with zero attached hydrogens (tertiary/aromatic N) is 2. The second-order valence-electron chi connectivity index (χ2n) is 7.75. The molecule has 2 aromatic rings. The third-order valence-electron chi connectivity index (χ3n) is 5.84. The molecule has 1 aromatic carbocycles. The van der Waals surface area contributed by atoms with Crippen LogP contribution in [0.15, 0.2) is 41.3 Å². The van der Waals surface area contributed by atoms with E-state index in [-0.39, 0.29) is 30.4 Å². The molecule has 32 heavy (non-hydrogen) atoms. The summed E-state index contributed by atoms with van der Waals surface area (Å²) in [4.78, 5) is 39.9. The number of aromatic nitrogens is 1. The van der Waals surface area contributed by atoms with Crippen molar-refractivity contribution in [3.8, 4) is 5.75 Å². The molecule has 0 aliphatic carbocycles. The van der Waals surface area contributed by atoms with E-state index >= 15 is 0 Å². The van der Waals surface area contributed by atoms with Crippen LogP contribution in [0.4, 0.5) is 8.78 Å². The maximum atomic E-state index is 13.8. The Bertz CT molecular complexity index is 1190. The quantitative estimate of drug-likeness (QED) is 0.699. The molecular weight excluding hydrogens is 424 g/mol. The third kappa shape index (κ3) is 3.56. The van der Waals surface area contributed by atoms with Crippen LogP contribution in [0.5, 0.6) is 5.75 Å². The van der Waals surface area contributed by atoms with E-state index < -0.39 is 52.3 Å². The number of hydrogen-bond donors (Lipinski definition) is 2. The summed E-state index contributed by atoms with van der Waals surface area (Å²) in [5.41, 5.74) is -1.62. The Labute approximate surface area is 181 Å². The summed E-state index contributed by atoms with van der Waals surface area (Å²) < 4.78 is 33.8. The second-order valence-corrected chi connectivity index (χ2v) is 7.75. The fourth-order valence-corrected chi connectivity index (χ4v) is 4.05. The highest BCUT2D eigenvalue weighted by Crippen LogP contribution is 2.33. The van der Waals surface area contributed by atoms with Gasteiger partial charge in [-0.15, -0.1) is 0 Å². The Morgan fingerprint density at radius 1 is 1.28 bits per heavy atom. The number of fused-ring (bicyclic) bond motifs is 4. The molecule has 0 saturated heterocycles. The normalized spacial score (nSPS) is 21.8. The van der Waals surface area contributed by atoms with Crippen LogP contribution in [0.2, 0.25) is 0 Å². The highest BCUT2D eigenvalue weighted by atomic mass is 19.1. The number of nitrogens with one attached hydrogen (secondary N) is 1. The number of ether oxygens (including phenoxy) is 1. The van der Waals surface area contributed by atoms with Crippen molar-refractivity contribution in [3.05, 3.63) is 75.2 Å². The number of hydrogen-bond acceptors (Lipinski definition) is 5. The fraction of sp³-hybridized carbons (Fsp3) is 0.318. The molecule has 0 fully saturated rings. The Morgan fingerprint density at radius 3 is 2.72 bits per heavy atom. The predicted molar refractivity (Wildman–Crippen MR) is 109 cm³/mol. The maximum absolute atomic E-state index is 13.8. The van der Waals surface area contributed by atoms with Crippen LogP contribution in [-0.4, -0.2) is 52.2 Å². The van der Waals surface area contributed by atoms with Gasteiger partial charge in [0.2, 0.25) is 5.43 Å². The monoisotopic (exact) mass is 445 g/mol. The molecule has 2 N–H and O–H groups in total. The molecule has 4 rings (SSSR count). The van der Waals surface area contributed by atoms with Gasteiger partial charge in [0.1, 0.15) is 17.2 Å². The van der Waals surface area contributed by atoms with Crippen molar-refractivity contribution in [1.82, 2.24) is 14.8 Å². The smallest absolute Gasteiger partial charge is 0.275 e. The number of methoxy groups -OCH3 is 1. The zero-order valence-electron chi connectivity index (χ0n) is 17.3. The van der Waals surface area contributed by atoms with Gasteiger partial charge in [-0.2, -0.15) is 0 Å². The minimum Gasteiger partial charge on any atom is -0.503 e. The molecule has 0 spiro atoms. The highest BCUT2D eigenvalue weighted by Gasteiger charge is 2.41. The molecule has 0 radical (unpaired) electrons. The van der Waals surface area contributed by atoms with E-state index in [0.29, 0.717) is 6.07 Å². The van der Waals surface area contributed by atoms with E-state index in [4.69, 9.17) is 4.74 Å². The minimum atomic E-state index is -1.02. The lowest BCUT2D eigenvalue weighted by Gasteiger charge is -2.38. The summed E-state index contributed by atoms with van der Waals surface area (Å²) in [6, 6.07) is 2.15. The van der Waals surface area contributed by atoms with Gasteiger partial charge in [0.05, 0.1) is 12.1 Å². The SMILES string of the molecule is COC1C=CC(C)N2CC1n1cc(C(=O)NCc3ccc(F)cc3F)c(=O)c(O)c1C2=O. The summed E-state index contributed by atoms with van der Waals surface area (Å²) in [7, 11) is 1.50. The fourth-order valence-electron chi connectivity index (χ4n) is 4.05. The van der Waals surface area contributed by atoms with Crippen LogP contribution >= 0.6 is 0 Å². The first-order valence-electron chi connectivity index (χ1n) is 9.95. The van der Waals surface area contributed by atoms with Crippen molar-refractivity contribution in [2.24, 2.45) is 0 Å². The first kappa shape index (κ1) is 21.7. The number of pyridine rings is 1. The van der Waals surface area contributed by atoms with Gasteiger partial charge in [-0.05, 0) is 13.0 Å². The van der Waals surface area contributed by atoms with Crippen LogP contribution in [0.1, 0.15) is 39.4 Å². The molecule has 8 nitrogen and oxygen atoms in total. The van der Waals surface area contributed by atoms with E-state index in [2.05, 4.69) is 5.32 Å². The number of halogens is 2. The summed E-state index contributed by atoms with van der Waals surface area (Å²) in [5.74, 6) is -3.85. The van der Waals surface area contributed by atoms with Gasteiger partial charge < -0.3 is 24.6 Å². The van der Waals surface area contributed by atoms with E-state index in [0.717, 1.165) is 6.07 Å². The molecule has 1 aromatic heterocycles. The zero-order chi connectivity index (χ0) is 23.2. The van der Waals surface area contributed by atoms with Gasteiger partial charge in [0.25, 0.3) is 11.8 Å². The van der Waals surface area contributed by atoms with E-state index in [1.165, 1.54) is 28.8 Å². The number of aromatic hydroxyl groups is 1. The summed E-state index contributed by atoms with van der Waals surface area (Å²) in [5, 5.41) is 13.0. The van der Waals surface area contributed by atoms with E-state index in [9.17, 15) is 28.3 Å². The minimum absolute atomic E-state index is 0.0233. The van der Waals surface area contributed by atoms with Crippen LogP contribution < -0.4 is 10.7 Å². The van der Waals surface area contributed by atoms with E-state index in [1.54, 1.807) is 12.2 Å². The largest absolute Gasteiger partial charge is 0.503 e. The molecule has 168 valence electrons. The van der Waals surface area contributed by atoms with Crippen molar-refractivity contribution in [3.63, 3.8) is 0 Å². The lowest BCUT2D eigenvalue weighted by atomic mass is 10.0. The Morgan fingerprint density at radius 2 is 2.03 bits per heavy atom. The number of amides is 2. The van der Waals surface area contributed by atoms with Crippen molar-refractivity contribution in [2.75, 3.05) is 13.7 Å². The molecule has 3 heterocycles. The Kier molecular flexibility index (Phi) is 5.55. The summed E-state index contributed by atoms with van der Waals surface area (Å²) in [6.07, 6.45) is 4.34. The molecule has 0 saturated carbocycles. The van der Waals surface area contributed by atoms with Crippen LogP contribution in [0, 0.1) is 11.6 Å². The van der Waals surface area contributed by atoms with Crippen LogP contribution in [0.25, 0.3) is 0 Å². The van der Waals surface area contributed by atoms with Gasteiger partial charge >= 0.3 is 0 Å². The summed E-state index contributed by atoms with van der Waals surface area (Å²) >= 11 is 0. The highest BCUT2D eigenvalue weighted by molar-refractivity contribution is 5.99. The Hall–Kier alpha value is -3.53. The molecular formula is C22H21F2N3O5. The van der Waals surface area contributed by atoms with Crippen LogP contribution in [0.3, 0.4) is 0 Å². The van der Waals surface area contributed by atoms with E-state index in [1.807, 2.05) is 6.92 Å². The predicted octanol–water partition coefficient (Wildman–Crippen LogP) is 1.73. The molecule has 3 atom stereocenters. The Balaban J connectivity index is 1.72. The molecule has 2 aliphatic rings. The van der Waals surface area contributed by atoms with Crippen LogP contribution in [-0.2, 0) is 11.3 Å². The lowest BCUT2D eigenvalue weighted by molar-refractivity contribution is 0.0435. The number of benzene rings is 1. The maximum Gasteiger partial charge on any atom is 0.275 e.